The summed E-state index contributed by atoms with van der Waals surface area (Å²) in [5.41, 5.74) is -1.45. The highest BCUT2D eigenvalue weighted by Gasteiger charge is 2.49. The van der Waals surface area contributed by atoms with E-state index in [9.17, 15) is 67.6 Å². The molecule has 4 aromatic carbocycles. The Balaban J connectivity index is 0.750. The first-order valence-corrected chi connectivity index (χ1v) is 35.4. The Morgan fingerprint density at radius 2 is 1.46 bits per heavy atom. The topological polar surface area (TPSA) is 235 Å². The normalized spacial score (nSPS) is 18.8. The predicted molar refractivity (Wildman–Crippen MR) is 345 cm³/mol. The van der Waals surface area contributed by atoms with E-state index in [1.165, 1.54) is 29.5 Å². The van der Waals surface area contributed by atoms with E-state index in [4.69, 9.17) is 0 Å². The summed E-state index contributed by atoms with van der Waals surface area (Å²) in [6.07, 6.45) is 4.06. The van der Waals surface area contributed by atoms with Crippen molar-refractivity contribution in [2.75, 3.05) is 93.3 Å². The molecule has 0 aromatic heterocycles. The van der Waals surface area contributed by atoms with E-state index < -0.39 is 88.9 Å². The first kappa shape index (κ1) is 70.1. The Morgan fingerprint density at radius 1 is 0.774 bits per heavy atom. The summed E-state index contributed by atoms with van der Waals surface area (Å²) in [4.78, 5) is 85.0. The van der Waals surface area contributed by atoms with Crippen LogP contribution in [0.5, 0.6) is 0 Å². The number of fused-ring (bicyclic) bond motifs is 1. The molecule has 4 aliphatic heterocycles. The molecule has 27 heteroatoms. The molecule has 9 rings (SSSR count). The molecule has 502 valence electrons. The van der Waals surface area contributed by atoms with Gasteiger partial charge < -0.3 is 20.4 Å². The summed E-state index contributed by atoms with van der Waals surface area (Å²) in [5, 5.41) is 8.45. The lowest BCUT2D eigenvalue weighted by atomic mass is 9.72. The van der Waals surface area contributed by atoms with Crippen molar-refractivity contribution in [2.45, 2.75) is 136 Å². The summed E-state index contributed by atoms with van der Waals surface area (Å²) >= 11 is 1.39. The number of hydrogen-bond donors (Lipinski definition) is 4. The number of piperazine rings is 2. The zero-order valence-corrected chi connectivity index (χ0v) is 54.7. The van der Waals surface area contributed by atoms with Gasteiger partial charge in [0.05, 0.1) is 21.7 Å². The van der Waals surface area contributed by atoms with Crippen LogP contribution in [0.15, 0.2) is 129 Å². The van der Waals surface area contributed by atoms with Gasteiger partial charge in [-0.2, -0.15) is 13.2 Å². The number of allylic oxidation sites excluding steroid dienone is 2. The lowest BCUT2D eigenvalue weighted by molar-refractivity contribution is -0.136. The minimum atomic E-state index is -6.18. The summed E-state index contributed by atoms with van der Waals surface area (Å²) in [6.45, 7) is 14.8. The van der Waals surface area contributed by atoms with Gasteiger partial charge in [0.15, 0.2) is 0 Å². The maximum Gasteiger partial charge on any atom is 0.501 e. The second-order valence-corrected chi connectivity index (χ2v) is 29.8. The van der Waals surface area contributed by atoms with Gasteiger partial charge in [0.2, 0.25) is 24.1 Å². The number of carbonyl (C=O) groups excluding carboxylic acids is 6. The fraction of sp³-hybridized carbons (Fsp3) is 0.485. The molecule has 5 aliphatic rings. The van der Waals surface area contributed by atoms with Gasteiger partial charge >= 0.3 is 5.51 Å². The minimum Gasteiger partial charge on any atom is -0.385 e. The number of amides is 6. The Bertz CT molecular complexity index is 3690. The van der Waals surface area contributed by atoms with Crippen molar-refractivity contribution in [3.8, 4) is 0 Å². The van der Waals surface area contributed by atoms with E-state index in [0.717, 1.165) is 77.3 Å². The van der Waals surface area contributed by atoms with E-state index in [2.05, 4.69) is 51.1 Å². The molecule has 4 N–H and O–H groups in total. The molecule has 1 unspecified atom stereocenters. The van der Waals surface area contributed by atoms with E-state index in [1.54, 1.807) is 35.2 Å². The highest BCUT2D eigenvalue weighted by Crippen LogP contribution is 2.43. The molecule has 4 heterocycles. The number of nitrogens with one attached hydrogen (secondary N) is 4. The third-order valence-corrected chi connectivity index (χ3v) is 21.8. The first-order valence-electron chi connectivity index (χ1n) is 31.5. The van der Waals surface area contributed by atoms with Gasteiger partial charge in [0, 0.05) is 125 Å². The maximum atomic E-state index is 14.5. The minimum absolute atomic E-state index is 0.0103. The van der Waals surface area contributed by atoms with Crippen LogP contribution in [0.25, 0.3) is 0 Å². The van der Waals surface area contributed by atoms with Gasteiger partial charge in [-0.15, -0.1) is 11.8 Å². The number of thioether (sulfide) groups is 1. The quantitative estimate of drug-likeness (QED) is 0.0179. The number of rotatable bonds is 28. The van der Waals surface area contributed by atoms with Crippen LogP contribution in [0.1, 0.15) is 128 Å². The van der Waals surface area contributed by atoms with Crippen LogP contribution in [-0.2, 0) is 34.2 Å². The average Bonchev–Trinajstić information content (AvgIpc) is 1.75. The number of sulfonamides is 1. The monoisotopic (exact) mass is 1350 g/mol. The van der Waals surface area contributed by atoms with Crippen molar-refractivity contribution in [3.63, 3.8) is 0 Å². The van der Waals surface area contributed by atoms with Crippen LogP contribution >= 0.6 is 11.8 Å². The van der Waals surface area contributed by atoms with Crippen LogP contribution in [0.4, 0.5) is 39.0 Å². The number of alkyl halides is 5. The molecule has 19 nitrogen and oxygen atoms in total. The SMILES string of the molecule is C=C(CCC(F)F)C1=C(CN2CCN(c3ccc(C(=O)NS(=O)(=O)c4ccc(N[C@H](CCN5CCN(C(=O)CCCCCCNc6ccc7c(c6)C(=O)N(C6CCC(=O)NC6=O)C7=O)CC5)CSc5ccccc5)c(S(=O)(=O)C(F)(F)F)c4)cc3)CC2)CCC(C)(C)C1. The number of unbranched alkanes of at least 4 members (excludes halogenated alkanes) is 3. The van der Waals surface area contributed by atoms with Gasteiger partial charge in [-0.05, 0) is 135 Å². The summed E-state index contributed by atoms with van der Waals surface area (Å²) in [6, 6.07) is 20.8. The van der Waals surface area contributed by atoms with Crippen LogP contribution in [0.2, 0.25) is 0 Å². The van der Waals surface area contributed by atoms with Crippen molar-refractivity contribution in [2.24, 2.45) is 5.41 Å². The Kier molecular flexibility index (Phi) is 23.0. The summed E-state index contributed by atoms with van der Waals surface area (Å²) < 4.78 is 126. The molecule has 93 heavy (non-hydrogen) atoms. The number of piperidine rings is 1. The number of benzene rings is 4. The summed E-state index contributed by atoms with van der Waals surface area (Å²) in [7, 11) is -11.1. The lowest BCUT2D eigenvalue weighted by Gasteiger charge is -2.39. The van der Waals surface area contributed by atoms with Crippen molar-refractivity contribution in [1.82, 2.24) is 29.6 Å². The first-order chi connectivity index (χ1) is 44.2. The van der Waals surface area contributed by atoms with Crippen LogP contribution in [0.3, 0.4) is 0 Å². The van der Waals surface area contributed by atoms with Crippen molar-refractivity contribution in [3.05, 3.63) is 131 Å². The van der Waals surface area contributed by atoms with Crippen molar-refractivity contribution >= 4 is 84.1 Å². The largest absolute Gasteiger partial charge is 0.501 e. The molecule has 2 atom stereocenters. The zero-order valence-electron chi connectivity index (χ0n) is 52.2. The van der Waals surface area contributed by atoms with Gasteiger partial charge in [0.25, 0.3) is 37.6 Å². The van der Waals surface area contributed by atoms with Gasteiger partial charge in [-0.3, -0.25) is 48.8 Å². The third kappa shape index (κ3) is 18.0. The van der Waals surface area contributed by atoms with Gasteiger partial charge in [-0.25, -0.2) is 30.3 Å². The van der Waals surface area contributed by atoms with Gasteiger partial charge in [0.1, 0.15) is 10.9 Å². The number of carbonyl (C=O) groups is 6. The molecule has 3 fully saturated rings. The van der Waals surface area contributed by atoms with Crippen LogP contribution < -0.4 is 25.6 Å². The Hall–Kier alpha value is -7.20. The predicted octanol–water partition coefficient (Wildman–Crippen LogP) is 9.90. The highest BCUT2D eigenvalue weighted by molar-refractivity contribution is 7.99. The third-order valence-electron chi connectivity index (χ3n) is 17.8. The fourth-order valence-corrected chi connectivity index (χ4v) is 15.4. The van der Waals surface area contributed by atoms with Crippen LogP contribution in [-0.4, -0.2) is 174 Å². The number of halogens is 5. The average molecular weight is 1350 g/mol. The molecule has 0 saturated carbocycles. The molecule has 1 aliphatic carbocycles. The molecule has 0 bridgehead atoms. The smallest absolute Gasteiger partial charge is 0.385 e. The molecule has 6 amide bonds. The number of sulfone groups is 1. The molecular formula is C66H80F5N9O10S3. The Labute approximate surface area is 544 Å². The number of imide groups is 2. The second-order valence-electron chi connectivity index (χ2n) is 25.1. The number of anilines is 3. The van der Waals surface area contributed by atoms with E-state index in [0.29, 0.717) is 103 Å². The van der Waals surface area contributed by atoms with E-state index in [1.807, 2.05) is 35.1 Å². The molecule has 0 spiro atoms. The zero-order chi connectivity index (χ0) is 66.8. The van der Waals surface area contributed by atoms with Crippen molar-refractivity contribution in [1.29, 1.82) is 0 Å². The molecule has 0 radical (unpaired) electrons. The maximum absolute atomic E-state index is 14.5. The van der Waals surface area contributed by atoms with Crippen LogP contribution in [0, 0.1) is 5.41 Å². The number of hydrogen-bond acceptors (Lipinski definition) is 16. The Morgan fingerprint density at radius 3 is 2.15 bits per heavy atom. The fourth-order valence-electron chi connectivity index (χ4n) is 12.4. The van der Waals surface area contributed by atoms with E-state index >= 15 is 0 Å². The lowest BCUT2D eigenvalue weighted by Crippen LogP contribution is -2.54. The highest BCUT2D eigenvalue weighted by atomic mass is 32.2. The second kappa shape index (κ2) is 30.5. The van der Waals surface area contributed by atoms with Crippen molar-refractivity contribution < 1.29 is 67.6 Å². The molecule has 3 saturated heterocycles. The molecule has 4 aromatic rings. The summed E-state index contributed by atoms with van der Waals surface area (Å²) in [5.74, 6) is -3.11. The van der Waals surface area contributed by atoms with E-state index in [-0.39, 0.29) is 59.4 Å². The number of nitrogens with zero attached hydrogens (tertiary/aromatic N) is 5. The van der Waals surface area contributed by atoms with Gasteiger partial charge in [-0.1, -0.05) is 62.6 Å². The standard InChI is InChI=1S/C66H80F5N9O10S3/c1-44(14-24-58(67)68)54-41-65(2,3)28-26-46(54)42-77-33-35-78(36-34-77)49-18-15-45(16-19-49)61(83)75-93(89,90)51-20-22-55(57(40-51)92(87,88)66(69,70)71)73-48(43-91-50-11-7-6-8-12-50)27-30-76-31-37-79(38-32-76)60(82)13-9-4-5-10-29-72-47-17-21-52-53(39-47)64(86)80(63(52)85)56-23-25-59(81)74-62(56)84/h6-8,11-12,15-22,39-40,48,56,58,72-73H,1,4-5,9-10,13-14,23-38,41-43H2,2-3H3,(H,75,83)(H,74,81,84)/t48-,56?/m1/s1. The molecular weight excluding hydrogens is 1270 g/mol.